The second kappa shape index (κ2) is 12.2. The fraction of sp³-hybridized carbons (Fsp3) is 0.120. The van der Waals surface area contributed by atoms with Gasteiger partial charge in [-0.1, -0.05) is 48.0 Å². The molecule has 0 saturated carbocycles. The van der Waals surface area contributed by atoms with Crippen LogP contribution in [0.1, 0.15) is 24.1 Å². The summed E-state index contributed by atoms with van der Waals surface area (Å²) in [5, 5.41) is 9.63. The molecule has 1 atom stereocenters. The minimum atomic E-state index is -0.871. The number of hydrogen-bond donors (Lipinski definition) is 3. The van der Waals surface area contributed by atoms with Gasteiger partial charge in [0.05, 0.1) is 12.3 Å². The molecule has 8 nitrogen and oxygen atoms in total. The van der Waals surface area contributed by atoms with Crippen molar-refractivity contribution in [1.82, 2.24) is 10.7 Å². The Labute approximate surface area is 202 Å². The highest BCUT2D eigenvalue weighted by atomic mass is 35.5. The molecular formula is C25H23ClN4O4. The van der Waals surface area contributed by atoms with Gasteiger partial charge in [0.25, 0.3) is 5.91 Å². The molecule has 0 radical (unpaired) electrons. The van der Waals surface area contributed by atoms with E-state index in [0.717, 1.165) is 5.56 Å². The Morgan fingerprint density at radius 2 is 1.71 bits per heavy atom. The highest BCUT2D eigenvalue weighted by Gasteiger charge is 2.16. The van der Waals surface area contributed by atoms with Crippen molar-refractivity contribution in [3.63, 3.8) is 0 Å². The lowest BCUT2D eigenvalue weighted by Gasteiger charge is -2.13. The van der Waals surface area contributed by atoms with Crippen LogP contribution < -0.4 is 20.8 Å². The molecule has 0 aromatic heterocycles. The van der Waals surface area contributed by atoms with Gasteiger partial charge in [0.15, 0.2) is 6.61 Å². The number of halogens is 1. The number of hydrogen-bond acceptors (Lipinski definition) is 5. The number of benzene rings is 3. The molecule has 0 fully saturated rings. The smallest absolute Gasteiger partial charge is 0.329 e. The molecule has 0 aliphatic rings. The predicted molar refractivity (Wildman–Crippen MR) is 131 cm³/mol. The third-order valence-corrected chi connectivity index (χ3v) is 4.83. The number of carbonyl (C=O) groups is 3. The number of anilines is 1. The normalized spacial score (nSPS) is 11.5. The second-order valence-corrected chi connectivity index (χ2v) is 7.66. The van der Waals surface area contributed by atoms with Crippen molar-refractivity contribution in [2.24, 2.45) is 5.10 Å². The molecule has 3 aromatic rings. The van der Waals surface area contributed by atoms with E-state index < -0.39 is 11.8 Å². The monoisotopic (exact) mass is 478 g/mol. The van der Waals surface area contributed by atoms with E-state index in [4.69, 9.17) is 16.3 Å². The number of hydrazone groups is 1. The van der Waals surface area contributed by atoms with Crippen LogP contribution in [-0.4, -0.2) is 30.5 Å². The summed E-state index contributed by atoms with van der Waals surface area (Å²) in [6.45, 7) is 1.61. The van der Waals surface area contributed by atoms with Gasteiger partial charge in [-0.2, -0.15) is 5.10 Å². The Hall–Kier alpha value is -4.17. The summed E-state index contributed by atoms with van der Waals surface area (Å²) < 4.78 is 5.46. The van der Waals surface area contributed by atoms with Crippen LogP contribution in [0.15, 0.2) is 84.0 Å². The third kappa shape index (κ3) is 7.75. The Kier molecular flexibility index (Phi) is 8.76. The Morgan fingerprint density at radius 1 is 0.971 bits per heavy atom. The SMILES string of the molecule is C[C@H](NC(=O)C(=O)N/N=C\c1ccc(OCC(=O)Nc2cccc(Cl)c2)cc1)c1ccccc1. The molecule has 0 spiro atoms. The lowest BCUT2D eigenvalue weighted by Crippen LogP contribution is -2.39. The number of nitrogens with one attached hydrogen (secondary N) is 3. The van der Waals surface area contributed by atoms with Gasteiger partial charge in [0.2, 0.25) is 0 Å². The van der Waals surface area contributed by atoms with Gasteiger partial charge in [-0.3, -0.25) is 14.4 Å². The summed E-state index contributed by atoms with van der Waals surface area (Å²) in [5.74, 6) is -1.50. The van der Waals surface area contributed by atoms with E-state index in [9.17, 15) is 14.4 Å². The zero-order valence-electron chi connectivity index (χ0n) is 18.3. The minimum Gasteiger partial charge on any atom is -0.484 e. The number of nitrogens with zero attached hydrogens (tertiary/aromatic N) is 1. The van der Waals surface area contributed by atoms with Crippen molar-refractivity contribution in [2.75, 3.05) is 11.9 Å². The molecular weight excluding hydrogens is 456 g/mol. The first-order chi connectivity index (χ1) is 16.4. The van der Waals surface area contributed by atoms with Crippen molar-refractivity contribution in [3.05, 3.63) is 95.0 Å². The summed E-state index contributed by atoms with van der Waals surface area (Å²) in [7, 11) is 0. The molecule has 0 aliphatic heterocycles. The van der Waals surface area contributed by atoms with Crippen LogP contribution in [0.5, 0.6) is 5.75 Å². The molecule has 0 bridgehead atoms. The van der Waals surface area contributed by atoms with Gasteiger partial charge in [-0.25, -0.2) is 5.43 Å². The first-order valence-corrected chi connectivity index (χ1v) is 10.8. The quantitative estimate of drug-likeness (QED) is 0.260. The van der Waals surface area contributed by atoms with Crippen molar-refractivity contribution in [2.45, 2.75) is 13.0 Å². The number of carbonyl (C=O) groups excluding carboxylic acids is 3. The molecule has 0 heterocycles. The van der Waals surface area contributed by atoms with Crippen LogP contribution >= 0.6 is 11.6 Å². The maximum atomic E-state index is 12.0. The molecule has 0 aliphatic carbocycles. The molecule has 3 N–H and O–H groups in total. The summed E-state index contributed by atoms with van der Waals surface area (Å²) in [6.07, 6.45) is 1.39. The molecule has 174 valence electrons. The predicted octanol–water partition coefficient (Wildman–Crippen LogP) is 3.69. The van der Waals surface area contributed by atoms with Gasteiger partial charge in [-0.15, -0.1) is 0 Å². The molecule has 3 rings (SSSR count). The van der Waals surface area contributed by atoms with Crippen molar-refractivity contribution < 1.29 is 19.1 Å². The van der Waals surface area contributed by atoms with E-state index in [1.54, 1.807) is 55.5 Å². The van der Waals surface area contributed by atoms with Crippen LogP contribution in [0.3, 0.4) is 0 Å². The molecule has 3 aromatic carbocycles. The number of amides is 3. The van der Waals surface area contributed by atoms with Crippen LogP contribution in [0.25, 0.3) is 0 Å². The van der Waals surface area contributed by atoms with Gasteiger partial charge in [-0.05, 0) is 60.5 Å². The number of ether oxygens (including phenoxy) is 1. The zero-order valence-corrected chi connectivity index (χ0v) is 19.1. The summed E-state index contributed by atoms with van der Waals surface area (Å²) in [4.78, 5) is 36.0. The van der Waals surface area contributed by atoms with Gasteiger partial charge < -0.3 is 15.4 Å². The van der Waals surface area contributed by atoms with E-state index in [1.807, 2.05) is 30.3 Å². The summed E-state index contributed by atoms with van der Waals surface area (Å²) in [5.41, 5.74) is 4.32. The van der Waals surface area contributed by atoms with E-state index in [0.29, 0.717) is 22.0 Å². The Balaban J connectivity index is 1.42. The zero-order chi connectivity index (χ0) is 24.3. The lowest BCUT2D eigenvalue weighted by molar-refractivity contribution is -0.139. The van der Waals surface area contributed by atoms with Crippen LogP contribution in [0, 0.1) is 0 Å². The van der Waals surface area contributed by atoms with Crippen LogP contribution in [-0.2, 0) is 14.4 Å². The van der Waals surface area contributed by atoms with E-state index in [2.05, 4.69) is 21.2 Å². The maximum Gasteiger partial charge on any atom is 0.329 e. The average Bonchev–Trinajstić information content (AvgIpc) is 2.84. The minimum absolute atomic E-state index is 0.174. The summed E-state index contributed by atoms with van der Waals surface area (Å²) in [6, 6.07) is 22.5. The molecule has 9 heteroatoms. The van der Waals surface area contributed by atoms with Gasteiger partial charge >= 0.3 is 11.8 Å². The maximum absolute atomic E-state index is 12.0. The van der Waals surface area contributed by atoms with Crippen LogP contribution in [0.2, 0.25) is 5.02 Å². The Bertz CT molecular complexity index is 1170. The molecule has 0 unspecified atom stereocenters. The first kappa shape index (κ1) is 24.5. The Morgan fingerprint density at radius 3 is 2.41 bits per heavy atom. The molecule has 3 amide bonds. The highest BCUT2D eigenvalue weighted by molar-refractivity contribution is 6.35. The molecule has 0 saturated heterocycles. The largest absolute Gasteiger partial charge is 0.484 e. The van der Waals surface area contributed by atoms with Gasteiger partial charge in [0, 0.05) is 10.7 Å². The second-order valence-electron chi connectivity index (χ2n) is 7.22. The van der Waals surface area contributed by atoms with E-state index in [1.165, 1.54) is 6.21 Å². The fourth-order valence-electron chi connectivity index (χ4n) is 2.87. The first-order valence-electron chi connectivity index (χ1n) is 10.4. The van der Waals surface area contributed by atoms with Gasteiger partial charge in [0.1, 0.15) is 5.75 Å². The lowest BCUT2D eigenvalue weighted by atomic mass is 10.1. The number of rotatable bonds is 8. The highest BCUT2D eigenvalue weighted by Crippen LogP contribution is 2.15. The fourth-order valence-corrected chi connectivity index (χ4v) is 3.06. The standard InChI is InChI=1S/C25H23ClN4O4/c1-17(19-6-3-2-4-7-19)28-24(32)25(33)30-27-15-18-10-12-22(13-11-18)34-16-23(31)29-21-9-5-8-20(26)14-21/h2-15,17H,16H2,1H3,(H,28,32)(H,29,31)(H,30,33)/b27-15-/t17-/m0/s1. The molecule has 34 heavy (non-hydrogen) atoms. The van der Waals surface area contributed by atoms with E-state index in [-0.39, 0.29) is 18.6 Å². The van der Waals surface area contributed by atoms with Crippen LogP contribution in [0.4, 0.5) is 5.69 Å². The summed E-state index contributed by atoms with van der Waals surface area (Å²) >= 11 is 5.89. The van der Waals surface area contributed by atoms with Crippen molar-refractivity contribution in [3.8, 4) is 5.75 Å². The average molecular weight is 479 g/mol. The van der Waals surface area contributed by atoms with Crippen molar-refractivity contribution >= 4 is 41.2 Å². The van der Waals surface area contributed by atoms with Crippen molar-refractivity contribution in [1.29, 1.82) is 0 Å². The topological polar surface area (TPSA) is 109 Å². The third-order valence-electron chi connectivity index (χ3n) is 4.59. The van der Waals surface area contributed by atoms with E-state index >= 15 is 0 Å².